The van der Waals surface area contributed by atoms with Crippen LogP contribution in [0.15, 0.2) is 29.6 Å². The Labute approximate surface area is 269 Å². The van der Waals surface area contributed by atoms with Crippen LogP contribution in [0, 0.1) is 17.3 Å². The third-order valence-corrected chi connectivity index (χ3v) is 7.72. The molecule has 0 saturated carbocycles. The molecule has 3 heterocycles. The second-order valence-corrected chi connectivity index (χ2v) is 13.4. The number of carboxylic acids is 1. The summed E-state index contributed by atoms with van der Waals surface area (Å²) in [6, 6.07) is 8.54. The van der Waals surface area contributed by atoms with E-state index in [0.717, 1.165) is 45.3 Å². The highest BCUT2D eigenvalue weighted by Gasteiger charge is 2.41. The molecule has 0 bridgehead atoms. The van der Waals surface area contributed by atoms with E-state index in [1.54, 1.807) is 12.3 Å². The maximum Gasteiger partial charge on any atom is 0.305 e. The number of aromatic nitrogens is 1. The molecule has 0 unspecified atom stereocenters. The zero-order chi connectivity index (χ0) is 32.6. The van der Waals surface area contributed by atoms with Crippen LogP contribution in [0.1, 0.15) is 94.4 Å². The van der Waals surface area contributed by atoms with Gasteiger partial charge in [0.05, 0.1) is 38.4 Å². The van der Waals surface area contributed by atoms with Gasteiger partial charge in [0.2, 0.25) is 0 Å². The van der Waals surface area contributed by atoms with Crippen molar-refractivity contribution in [2.24, 2.45) is 5.41 Å². The van der Waals surface area contributed by atoms with Gasteiger partial charge in [-0.15, -0.1) is 11.3 Å². The number of piperidine rings is 1. The van der Waals surface area contributed by atoms with Crippen molar-refractivity contribution in [3.63, 3.8) is 0 Å². The highest BCUT2D eigenvalue weighted by molar-refractivity contribution is 7.10. The first-order valence-corrected chi connectivity index (χ1v) is 16.8. The number of ether oxygens (including phenoxy) is 2. The molecular weight excluding hydrogens is 574 g/mol. The number of morpholine rings is 1. The number of carbonyl (C=O) groups is 2. The molecule has 4 rings (SSSR count). The Bertz CT molecular complexity index is 1210. The monoisotopic (exact) mass is 627 g/mol. The number of benzene rings is 1. The van der Waals surface area contributed by atoms with E-state index in [1.807, 2.05) is 18.7 Å². The lowest BCUT2D eigenvalue weighted by Gasteiger charge is -2.47. The molecule has 1 amide bonds. The fourth-order valence-corrected chi connectivity index (χ4v) is 5.57. The first-order valence-electron chi connectivity index (χ1n) is 15.9. The standard InChI is InChI=1S/C28H35N3O5S.C5H12.C2H6/c1-2-4-25-29-24(20-37-25)27(34)31-15-18-36-28(21-31)10-13-30(14-11-28)12-7-22-5-3-6-23(19-22)8-16-35-17-9-26(32)33;1-5(2,3)4;1-2/h3,5-6,19-20H,7-18,21H2,1H3,(H,32,33);1-4H3;1-2H3. The number of aliphatic carboxylic acids is 1. The number of carbonyl (C=O) groups excluding carboxylic acids is 1. The quantitative estimate of drug-likeness (QED) is 0.249. The summed E-state index contributed by atoms with van der Waals surface area (Å²) in [7, 11) is 0. The molecule has 8 nitrogen and oxygen atoms in total. The number of likely N-dealkylation sites (tertiary alicyclic amines) is 1. The van der Waals surface area contributed by atoms with E-state index in [4.69, 9.17) is 14.6 Å². The second-order valence-electron chi connectivity index (χ2n) is 12.6. The van der Waals surface area contributed by atoms with Gasteiger partial charge in [-0.3, -0.25) is 9.59 Å². The van der Waals surface area contributed by atoms with Gasteiger partial charge in [0.25, 0.3) is 5.91 Å². The highest BCUT2D eigenvalue weighted by atomic mass is 32.1. The lowest BCUT2D eigenvalue weighted by molar-refractivity contribution is -0.138. The lowest BCUT2D eigenvalue weighted by atomic mass is 9.89. The number of nitrogens with zero attached hydrogens (tertiary/aromatic N) is 3. The molecule has 44 heavy (non-hydrogen) atoms. The number of hydrogen-bond acceptors (Lipinski definition) is 7. The average Bonchev–Trinajstić information content (AvgIpc) is 3.46. The molecule has 1 N–H and O–H groups in total. The Hall–Kier alpha value is -2.77. The zero-order valence-electron chi connectivity index (χ0n) is 27.9. The minimum absolute atomic E-state index is 0.0299. The van der Waals surface area contributed by atoms with Gasteiger partial charge in [-0.05, 0) is 55.1 Å². The normalized spacial score (nSPS) is 16.1. The molecule has 244 valence electrons. The molecule has 0 atom stereocenters. The third kappa shape index (κ3) is 13.9. The van der Waals surface area contributed by atoms with Crippen LogP contribution in [-0.2, 0) is 27.1 Å². The summed E-state index contributed by atoms with van der Waals surface area (Å²) in [6.07, 6.45) is 3.61. The molecule has 1 spiro atoms. The number of carboxylic acid groups (broad SMARTS) is 1. The molecule has 2 saturated heterocycles. The molecule has 1 aromatic carbocycles. The maximum absolute atomic E-state index is 13.0. The van der Waals surface area contributed by atoms with E-state index in [2.05, 4.69) is 73.7 Å². The third-order valence-electron chi connectivity index (χ3n) is 6.96. The molecular formula is C35H53N3O5S. The first-order chi connectivity index (χ1) is 21.0. The molecule has 2 aromatic rings. The summed E-state index contributed by atoms with van der Waals surface area (Å²) in [5.41, 5.74) is 3.21. The highest BCUT2D eigenvalue weighted by Crippen LogP contribution is 2.31. The molecule has 2 aliphatic heterocycles. The smallest absolute Gasteiger partial charge is 0.305 e. The molecule has 9 heteroatoms. The molecule has 0 aliphatic carbocycles. The van der Waals surface area contributed by atoms with Crippen molar-refractivity contribution in [1.82, 2.24) is 14.8 Å². The van der Waals surface area contributed by atoms with Crippen molar-refractivity contribution >= 4 is 23.2 Å². The summed E-state index contributed by atoms with van der Waals surface area (Å²) in [6.45, 7) is 19.9. The molecule has 2 fully saturated rings. The van der Waals surface area contributed by atoms with E-state index in [-0.39, 0.29) is 24.5 Å². The fourth-order valence-electron chi connectivity index (χ4n) is 4.88. The topological polar surface area (TPSA) is 92.2 Å². The molecule has 0 radical (unpaired) electrons. The van der Waals surface area contributed by atoms with E-state index < -0.39 is 5.97 Å². The lowest BCUT2D eigenvalue weighted by Crippen LogP contribution is -2.58. The van der Waals surface area contributed by atoms with E-state index in [0.29, 0.717) is 42.4 Å². The van der Waals surface area contributed by atoms with Crippen molar-refractivity contribution in [1.29, 1.82) is 0 Å². The van der Waals surface area contributed by atoms with E-state index in [1.165, 1.54) is 22.5 Å². The number of thiazole rings is 1. The van der Waals surface area contributed by atoms with Gasteiger partial charge in [-0.1, -0.05) is 71.7 Å². The number of amides is 1. The summed E-state index contributed by atoms with van der Waals surface area (Å²) in [5, 5.41) is 11.2. The predicted molar refractivity (Wildman–Crippen MR) is 178 cm³/mol. The van der Waals surface area contributed by atoms with Crippen LogP contribution in [0.25, 0.3) is 0 Å². The van der Waals surface area contributed by atoms with Gasteiger partial charge in [0.1, 0.15) is 5.69 Å². The predicted octanol–water partition coefficient (Wildman–Crippen LogP) is 6.18. The van der Waals surface area contributed by atoms with Crippen molar-refractivity contribution in [2.75, 3.05) is 52.5 Å². The van der Waals surface area contributed by atoms with Crippen LogP contribution >= 0.6 is 11.3 Å². The summed E-state index contributed by atoms with van der Waals surface area (Å²) >= 11 is 1.41. The van der Waals surface area contributed by atoms with Gasteiger partial charge in [-0.25, -0.2) is 4.98 Å². The summed E-state index contributed by atoms with van der Waals surface area (Å²) < 4.78 is 11.7. The number of hydrogen-bond donors (Lipinski definition) is 1. The largest absolute Gasteiger partial charge is 0.481 e. The minimum atomic E-state index is -0.834. The average molecular weight is 628 g/mol. The fraction of sp³-hybridized carbons (Fsp3) is 0.629. The Balaban J connectivity index is 0.000000876. The van der Waals surface area contributed by atoms with Gasteiger partial charge in [-0.2, -0.15) is 0 Å². The zero-order valence-corrected chi connectivity index (χ0v) is 28.7. The van der Waals surface area contributed by atoms with Crippen LogP contribution < -0.4 is 0 Å². The Kier molecular flexibility index (Phi) is 16.1. The first kappa shape index (κ1) is 37.4. The van der Waals surface area contributed by atoms with Crippen LogP contribution in [0.4, 0.5) is 0 Å². The van der Waals surface area contributed by atoms with Crippen molar-refractivity contribution < 1.29 is 24.2 Å². The van der Waals surface area contributed by atoms with Crippen LogP contribution in [0.5, 0.6) is 0 Å². The van der Waals surface area contributed by atoms with Gasteiger partial charge < -0.3 is 24.4 Å². The van der Waals surface area contributed by atoms with Gasteiger partial charge >= 0.3 is 5.97 Å². The van der Waals surface area contributed by atoms with Crippen molar-refractivity contribution in [3.05, 3.63) is 51.5 Å². The summed E-state index contributed by atoms with van der Waals surface area (Å²) in [5.74, 6) is 4.89. The van der Waals surface area contributed by atoms with Crippen LogP contribution in [-0.4, -0.2) is 89.9 Å². The van der Waals surface area contributed by atoms with Crippen LogP contribution in [0.2, 0.25) is 0 Å². The van der Waals surface area contributed by atoms with Crippen LogP contribution in [0.3, 0.4) is 0 Å². The number of rotatable bonds is 10. The Morgan fingerprint density at radius 3 is 2.39 bits per heavy atom. The Morgan fingerprint density at radius 1 is 1.09 bits per heavy atom. The van der Waals surface area contributed by atoms with Crippen molar-refractivity contribution in [2.45, 2.75) is 86.2 Å². The SMILES string of the molecule is CC.CC#Cc1nc(C(=O)N2CCOC3(CCN(CCc4cccc(CCOCCC(=O)O)c4)CC3)C2)cs1.CC(C)(C)C. The van der Waals surface area contributed by atoms with Gasteiger partial charge in [0, 0.05) is 31.6 Å². The van der Waals surface area contributed by atoms with E-state index in [9.17, 15) is 9.59 Å². The second kappa shape index (κ2) is 18.9. The minimum Gasteiger partial charge on any atom is -0.481 e. The van der Waals surface area contributed by atoms with Gasteiger partial charge in [0.15, 0.2) is 5.01 Å². The maximum atomic E-state index is 13.0. The molecule has 2 aliphatic rings. The van der Waals surface area contributed by atoms with Crippen molar-refractivity contribution in [3.8, 4) is 11.8 Å². The molecule has 1 aromatic heterocycles. The summed E-state index contributed by atoms with van der Waals surface area (Å²) in [4.78, 5) is 32.4. The Morgan fingerprint density at radius 2 is 1.75 bits per heavy atom. The van der Waals surface area contributed by atoms with E-state index >= 15 is 0 Å².